The first kappa shape index (κ1) is 14.7. The van der Waals surface area contributed by atoms with Crippen LogP contribution in [0.4, 0.5) is 5.69 Å². The molecular weight excluding hydrogens is 350 g/mol. The van der Waals surface area contributed by atoms with Crippen LogP contribution < -0.4 is 10.1 Å². The highest BCUT2D eigenvalue weighted by Crippen LogP contribution is 2.35. The van der Waals surface area contributed by atoms with Gasteiger partial charge in [-0.1, -0.05) is 23.7 Å². The Labute approximate surface area is 138 Å². The summed E-state index contributed by atoms with van der Waals surface area (Å²) in [5, 5.41) is 4.13. The molecule has 21 heavy (non-hydrogen) atoms. The molecule has 1 aliphatic rings. The van der Waals surface area contributed by atoms with E-state index in [2.05, 4.69) is 53.3 Å². The first-order valence-electron chi connectivity index (χ1n) is 6.93. The van der Waals surface area contributed by atoms with Gasteiger partial charge < -0.3 is 10.1 Å². The Hall–Kier alpha value is -1.19. The van der Waals surface area contributed by atoms with Crippen LogP contribution in [0.5, 0.6) is 5.75 Å². The summed E-state index contributed by atoms with van der Waals surface area (Å²) >= 11 is 9.44. The summed E-state index contributed by atoms with van der Waals surface area (Å²) in [5.41, 5.74) is 3.50. The Morgan fingerprint density at radius 1 is 1.24 bits per heavy atom. The minimum absolute atomic E-state index is 0.0879. The molecule has 2 aromatic carbocycles. The van der Waals surface area contributed by atoms with E-state index in [1.807, 2.05) is 18.2 Å². The van der Waals surface area contributed by atoms with Crippen LogP contribution in [0.1, 0.15) is 25.0 Å². The summed E-state index contributed by atoms with van der Waals surface area (Å²) in [4.78, 5) is 0. The highest BCUT2D eigenvalue weighted by atomic mass is 79.9. The van der Waals surface area contributed by atoms with E-state index in [-0.39, 0.29) is 5.60 Å². The Kier molecular flexibility index (Phi) is 3.89. The summed E-state index contributed by atoms with van der Waals surface area (Å²) in [6, 6.07) is 12.3. The minimum atomic E-state index is -0.0879. The number of hydrogen-bond donors (Lipinski definition) is 1. The summed E-state index contributed by atoms with van der Waals surface area (Å²) in [6.45, 7) is 5.02. The lowest BCUT2D eigenvalue weighted by Gasteiger charge is -2.16. The molecule has 3 rings (SSSR count). The first-order chi connectivity index (χ1) is 9.93. The SMILES string of the molecule is CC1(C)Cc2cc(CNc3ccc(Cl)c(Br)c3)ccc2O1. The van der Waals surface area contributed by atoms with Crippen molar-refractivity contribution < 1.29 is 4.74 Å². The van der Waals surface area contributed by atoms with Crippen molar-refractivity contribution in [2.75, 3.05) is 5.32 Å². The van der Waals surface area contributed by atoms with Gasteiger partial charge in [-0.3, -0.25) is 0 Å². The van der Waals surface area contributed by atoms with Crippen molar-refractivity contribution in [2.24, 2.45) is 0 Å². The number of benzene rings is 2. The molecule has 1 aliphatic heterocycles. The molecule has 0 amide bonds. The molecule has 0 atom stereocenters. The molecule has 0 spiro atoms. The van der Waals surface area contributed by atoms with Gasteiger partial charge in [0, 0.05) is 23.1 Å². The van der Waals surface area contributed by atoms with Crippen LogP contribution in [-0.2, 0) is 13.0 Å². The molecule has 0 saturated carbocycles. The first-order valence-corrected chi connectivity index (χ1v) is 8.10. The van der Waals surface area contributed by atoms with E-state index >= 15 is 0 Å². The number of anilines is 1. The van der Waals surface area contributed by atoms with Crippen LogP contribution in [0.15, 0.2) is 40.9 Å². The largest absolute Gasteiger partial charge is 0.487 e. The lowest BCUT2D eigenvalue weighted by molar-refractivity contribution is 0.138. The van der Waals surface area contributed by atoms with Gasteiger partial charge in [0.15, 0.2) is 0 Å². The molecule has 4 heteroatoms. The zero-order valence-electron chi connectivity index (χ0n) is 12.0. The second-order valence-corrected chi connectivity index (χ2v) is 7.22. The average molecular weight is 367 g/mol. The van der Waals surface area contributed by atoms with Gasteiger partial charge in [0.2, 0.25) is 0 Å². The Morgan fingerprint density at radius 2 is 2.05 bits per heavy atom. The van der Waals surface area contributed by atoms with Crippen LogP contribution in [0.2, 0.25) is 5.02 Å². The van der Waals surface area contributed by atoms with Gasteiger partial charge in [-0.05, 0) is 65.2 Å². The molecular formula is C17H17BrClNO. The van der Waals surface area contributed by atoms with Gasteiger partial charge in [-0.2, -0.15) is 0 Å². The molecule has 0 aromatic heterocycles. The van der Waals surface area contributed by atoms with E-state index in [9.17, 15) is 0 Å². The Morgan fingerprint density at radius 3 is 2.81 bits per heavy atom. The van der Waals surface area contributed by atoms with E-state index in [4.69, 9.17) is 16.3 Å². The maximum absolute atomic E-state index is 6.00. The van der Waals surface area contributed by atoms with Gasteiger partial charge in [-0.15, -0.1) is 0 Å². The molecule has 0 saturated heterocycles. The zero-order chi connectivity index (χ0) is 15.0. The van der Waals surface area contributed by atoms with Crippen LogP contribution in [0.3, 0.4) is 0 Å². The van der Waals surface area contributed by atoms with Gasteiger partial charge in [0.05, 0.1) is 5.02 Å². The Balaban J connectivity index is 1.71. The summed E-state index contributed by atoms with van der Waals surface area (Å²) in [7, 11) is 0. The van der Waals surface area contributed by atoms with Crippen LogP contribution in [-0.4, -0.2) is 5.60 Å². The maximum atomic E-state index is 6.00. The molecule has 0 bridgehead atoms. The van der Waals surface area contributed by atoms with Crippen molar-refractivity contribution in [3.63, 3.8) is 0 Å². The van der Waals surface area contributed by atoms with E-state index in [0.717, 1.165) is 33.9 Å². The molecule has 110 valence electrons. The van der Waals surface area contributed by atoms with Crippen LogP contribution >= 0.6 is 27.5 Å². The van der Waals surface area contributed by atoms with E-state index < -0.39 is 0 Å². The minimum Gasteiger partial charge on any atom is -0.487 e. The Bertz CT molecular complexity index is 684. The van der Waals surface area contributed by atoms with Crippen LogP contribution in [0.25, 0.3) is 0 Å². The maximum Gasteiger partial charge on any atom is 0.123 e. The van der Waals surface area contributed by atoms with Crippen molar-refractivity contribution >= 4 is 33.2 Å². The van der Waals surface area contributed by atoms with Crippen molar-refractivity contribution in [1.82, 2.24) is 0 Å². The highest BCUT2D eigenvalue weighted by molar-refractivity contribution is 9.10. The summed E-state index contributed by atoms with van der Waals surface area (Å²) in [5.74, 6) is 1.01. The number of ether oxygens (including phenoxy) is 1. The molecule has 1 N–H and O–H groups in total. The average Bonchev–Trinajstić information content (AvgIpc) is 2.73. The number of rotatable bonds is 3. The smallest absolute Gasteiger partial charge is 0.123 e. The standard InChI is InChI=1S/C17H17BrClNO/c1-17(2)9-12-7-11(3-6-16(12)21-17)10-20-13-4-5-15(19)14(18)8-13/h3-8,20H,9-10H2,1-2H3. The van der Waals surface area contributed by atoms with E-state index in [1.54, 1.807) is 0 Å². The third-order valence-electron chi connectivity index (χ3n) is 3.54. The van der Waals surface area contributed by atoms with Crippen LogP contribution in [0, 0.1) is 0 Å². The fourth-order valence-electron chi connectivity index (χ4n) is 2.58. The van der Waals surface area contributed by atoms with Gasteiger partial charge in [0.25, 0.3) is 0 Å². The molecule has 1 heterocycles. The molecule has 0 radical (unpaired) electrons. The number of hydrogen-bond acceptors (Lipinski definition) is 2. The van der Waals surface area contributed by atoms with Crippen molar-refractivity contribution in [1.29, 1.82) is 0 Å². The van der Waals surface area contributed by atoms with Crippen molar-refractivity contribution in [2.45, 2.75) is 32.4 Å². The van der Waals surface area contributed by atoms with E-state index in [1.165, 1.54) is 11.1 Å². The predicted molar refractivity (Wildman–Crippen MR) is 91.3 cm³/mol. The second-order valence-electron chi connectivity index (χ2n) is 5.96. The third-order valence-corrected chi connectivity index (χ3v) is 4.76. The summed E-state index contributed by atoms with van der Waals surface area (Å²) in [6.07, 6.45) is 0.961. The lowest BCUT2D eigenvalue weighted by atomic mass is 10.0. The molecule has 2 nitrogen and oxygen atoms in total. The fraction of sp³-hybridized carbons (Fsp3) is 0.294. The third kappa shape index (κ3) is 3.35. The lowest BCUT2D eigenvalue weighted by Crippen LogP contribution is -2.24. The van der Waals surface area contributed by atoms with E-state index in [0.29, 0.717) is 0 Å². The highest BCUT2D eigenvalue weighted by Gasteiger charge is 2.29. The normalized spacial score (nSPS) is 15.4. The topological polar surface area (TPSA) is 21.3 Å². The molecule has 0 aliphatic carbocycles. The van der Waals surface area contributed by atoms with Gasteiger partial charge >= 0.3 is 0 Å². The monoisotopic (exact) mass is 365 g/mol. The zero-order valence-corrected chi connectivity index (χ0v) is 14.4. The number of fused-ring (bicyclic) bond motifs is 1. The quantitative estimate of drug-likeness (QED) is 0.782. The molecule has 0 fully saturated rings. The van der Waals surface area contributed by atoms with Gasteiger partial charge in [-0.25, -0.2) is 0 Å². The number of nitrogens with one attached hydrogen (secondary N) is 1. The molecule has 2 aromatic rings. The predicted octanol–water partition coefficient (Wildman–Crippen LogP) is 5.43. The van der Waals surface area contributed by atoms with Crippen molar-refractivity contribution in [3.8, 4) is 5.75 Å². The molecule has 0 unspecified atom stereocenters. The van der Waals surface area contributed by atoms with Gasteiger partial charge in [0.1, 0.15) is 11.4 Å². The summed E-state index contributed by atoms with van der Waals surface area (Å²) < 4.78 is 6.80. The second kappa shape index (κ2) is 5.54. The van der Waals surface area contributed by atoms with Crippen molar-refractivity contribution in [3.05, 3.63) is 57.0 Å². The fourth-order valence-corrected chi connectivity index (χ4v) is 3.08. The number of halogens is 2.